The molecular formula is C21H24N4O2. The molecule has 1 unspecified atom stereocenters. The number of guanidine groups is 1. The SMILES string of the molecule is COc1ccc(CN2Cc3cc(N(C)C)ccc3N3C2=NC(=O)C3C)cc1. The monoisotopic (exact) mass is 364 g/mol. The van der Waals surface area contributed by atoms with Gasteiger partial charge in [0.1, 0.15) is 11.8 Å². The first-order valence-corrected chi connectivity index (χ1v) is 9.08. The van der Waals surface area contributed by atoms with Crippen molar-refractivity contribution >= 4 is 23.2 Å². The molecule has 1 atom stereocenters. The van der Waals surface area contributed by atoms with Crippen LogP contribution >= 0.6 is 0 Å². The molecule has 0 saturated carbocycles. The van der Waals surface area contributed by atoms with Gasteiger partial charge in [0.25, 0.3) is 5.91 Å². The summed E-state index contributed by atoms with van der Waals surface area (Å²) in [4.78, 5) is 23.0. The largest absolute Gasteiger partial charge is 0.497 e. The Morgan fingerprint density at radius 2 is 1.93 bits per heavy atom. The first-order valence-electron chi connectivity index (χ1n) is 9.08. The van der Waals surface area contributed by atoms with E-state index in [0.717, 1.165) is 35.2 Å². The molecule has 0 spiro atoms. The molecule has 0 saturated heterocycles. The van der Waals surface area contributed by atoms with Gasteiger partial charge in [-0.2, -0.15) is 4.99 Å². The van der Waals surface area contributed by atoms with Crippen molar-refractivity contribution < 1.29 is 9.53 Å². The summed E-state index contributed by atoms with van der Waals surface area (Å²) in [7, 11) is 5.74. The molecule has 27 heavy (non-hydrogen) atoms. The van der Waals surface area contributed by atoms with Crippen LogP contribution in [-0.2, 0) is 17.9 Å². The van der Waals surface area contributed by atoms with Gasteiger partial charge in [-0.25, -0.2) is 0 Å². The Bertz CT molecular complexity index is 905. The number of fused-ring (bicyclic) bond motifs is 3. The van der Waals surface area contributed by atoms with Gasteiger partial charge in [-0.3, -0.25) is 9.69 Å². The zero-order valence-corrected chi connectivity index (χ0v) is 16.1. The zero-order valence-electron chi connectivity index (χ0n) is 16.1. The van der Waals surface area contributed by atoms with E-state index in [1.807, 2.05) is 33.2 Å². The van der Waals surface area contributed by atoms with Gasteiger partial charge in [0.05, 0.1) is 7.11 Å². The van der Waals surface area contributed by atoms with Crippen molar-refractivity contribution in [2.75, 3.05) is 31.0 Å². The fourth-order valence-electron chi connectivity index (χ4n) is 3.63. The molecule has 0 radical (unpaired) electrons. The Morgan fingerprint density at radius 3 is 2.59 bits per heavy atom. The number of amides is 1. The van der Waals surface area contributed by atoms with Gasteiger partial charge >= 0.3 is 0 Å². The molecule has 2 aliphatic rings. The molecule has 0 fully saturated rings. The highest BCUT2D eigenvalue weighted by atomic mass is 16.5. The number of hydrogen-bond donors (Lipinski definition) is 0. The molecule has 2 aliphatic heterocycles. The van der Waals surface area contributed by atoms with Gasteiger partial charge in [-0.05, 0) is 48.4 Å². The Hall–Kier alpha value is -3.02. The van der Waals surface area contributed by atoms with Gasteiger partial charge in [-0.15, -0.1) is 0 Å². The van der Waals surface area contributed by atoms with Crippen LogP contribution in [-0.4, -0.2) is 44.0 Å². The fraction of sp³-hybridized carbons (Fsp3) is 0.333. The lowest BCUT2D eigenvalue weighted by molar-refractivity contribution is -0.117. The fourth-order valence-corrected chi connectivity index (χ4v) is 3.63. The van der Waals surface area contributed by atoms with Crippen LogP contribution in [0, 0.1) is 0 Å². The molecule has 2 aromatic carbocycles. The molecule has 6 nitrogen and oxygen atoms in total. The Morgan fingerprint density at radius 1 is 1.19 bits per heavy atom. The van der Waals surface area contributed by atoms with Gasteiger partial charge in [0.2, 0.25) is 5.96 Å². The van der Waals surface area contributed by atoms with Crippen molar-refractivity contribution in [1.29, 1.82) is 0 Å². The molecule has 6 heteroatoms. The van der Waals surface area contributed by atoms with Crippen LogP contribution in [0.3, 0.4) is 0 Å². The summed E-state index contributed by atoms with van der Waals surface area (Å²) in [5.74, 6) is 1.49. The van der Waals surface area contributed by atoms with Crippen LogP contribution in [0.15, 0.2) is 47.5 Å². The topological polar surface area (TPSA) is 48.4 Å². The van der Waals surface area contributed by atoms with E-state index in [2.05, 4.69) is 50.0 Å². The second-order valence-corrected chi connectivity index (χ2v) is 7.21. The maximum Gasteiger partial charge on any atom is 0.271 e. The van der Waals surface area contributed by atoms with Crippen LogP contribution in [0.4, 0.5) is 11.4 Å². The summed E-state index contributed by atoms with van der Waals surface area (Å²) in [5.41, 5.74) is 4.58. The number of nitrogens with zero attached hydrogens (tertiary/aromatic N) is 4. The zero-order chi connectivity index (χ0) is 19.1. The van der Waals surface area contributed by atoms with E-state index in [4.69, 9.17) is 4.74 Å². The lowest BCUT2D eigenvalue weighted by Crippen LogP contribution is -2.48. The van der Waals surface area contributed by atoms with E-state index in [1.54, 1.807) is 7.11 Å². The summed E-state index contributed by atoms with van der Waals surface area (Å²) in [6.45, 7) is 3.32. The molecule has 2 heterocycles. The van der Waals surface area contributed by atoms with E-state index < -0.39 is 0 Å². The number of rotatable bonds is 4. The maximum absolute atomic E-state index is 12.3. The molecule has 0 aromatic heterocycles. The van der Waals surface area contributed by atoms with Gasteiger partial charge in [-0.1, -0.05) is 12.1 Å². The highest BCUT2D eigenvalue weighted by Gasteiger charge is 2.40. The standard InChI is InChI=1S/C21H24N4O2/c1-14-20(26)22-21-24(12-15-5-8-18(27-4)9-6-15)13-16-11-17(23(2)3)7-10-19(16)25(14)21/h5-11,14H,12-13H2,1-4H3. The average molecular weight is 364 g/mol. The molecule has 0 aliphatic carbocycles. The van der Waals surface area contributed by atoms with E-state index in [1.165, 1.54) is 5.56 Å². The highest BCUT2D eigenvalue weighted by molar-refractivity contribution is 6.14. The third-order valence-electron chi connectivity index (χ3n) is 5.19. The molecule has 1 amide bonds. The van der Waals surface area contributed by atoms with Gasteiger partial charge < -0.3 is 14.5 Å². The number of hydrogen-bond acceptors (Lipinski definition) is 5. The lowest BCUT2D eigenvalue weighted by Gasteiger charge is -2.39. The van der Waals surface area contributed by atoms with Crippen molar-refractivity contribution in [3.8, 4) is 5.75 Å². The third kappa shape index (κ3) is 3.01. The number of ether oxygens (including phenoxy) is 1. The van der Waals surface area contributed by atoms with Gasteiger partial charge in [0, 0.05) is 38.6 Å². The summed E-state index contributed by atoms with van der Waals surface area (Å²) >= 11 is 0. The third-order valence-corrected chi connectivity index (χ3v) is 5.19. The van der Waals surface area contributed by atoms with Crippen LogP contribution < -0.4 is 14.5 Å². The first-order chi connectivity index (χ1) is 13.0. The number of anilines is 2. The van der Waals surface area contributed by atoms with Crippen molar-refractivity contribution in [3.05, 3.63) is 53.6 Å². The van der Waals surface area contributed by atoms with Crippen molar-refractivity contribution in [1.82, 2.24) is 4.90 Å². The number of carbonyl (C=O) groups excluding carboxylic acids is 1. The summed E-state index contributed by atoms with van der Waals surface area (Å²) < 4.78 is 5.24. The summed E-state index contributed by atoms with van der Waals surface area (Å²) in [6, 6.07) is 14.1. The minimum absolute atomic E-state index is 0.0886. The molecule has 4 rings (SSSR count). The van der Waals surface area contributed by atoms with Crippen LogP contribution in [0.2, 0.25) is 0 Å². The summed E-state index contributed by atoms with van der Waals surface area (Å²) in [6.07, 6.45) is 0. The number of benzene rings is 2. The first kappa shape index (κ1) is 17.4. The second kappa shape index (κ2) is 6.61. The maximum atomic E-state index is 12.3. The minimum atomic E-state index is -0.275. The van der Waals surface area contributed by atoms with E-state index in [0.29, 0.717) is 6.54 Å². The Balaban J connectivity index is 1.70. The lowest BCUT2D eigenvalue weighted by atomic mass is 10.1. The van der Waals surface area contributed by atoms with Crippen LogP contribution in [0.5, 0.6) is 5.75 Å². The second-order valence-electron chi connectivity index (χ2n) is 7.21. The smallest absolute Gasteiger partial charge is 0.271 e. The van der Waals surface area contributed by atoms with E-state index in [9.17, 15) is 4.79 Å². The summed E-state index contributed by atoms with van der Waals surface area (Å²) in [5, 5.41) is 0. The molecule has 0 bridgehead atoms. The van der Waals surface area contributed by atoms with Gasteiger partial charge in [0.15, 0.2) is 0 Å². The number of aliphatic imine (C=N–C) groups is 1. The average Bonchev–Trinajstić information content (AvgIpc) is 2.97. The predicted octanol–water partition coefficient (Wildman–Crippen LogP) is 2.87. The van der Waals surface area contributed by atoms with Crippen LogP contribution in [0.1, 0.15) is 18.1 Å². The van der Waals surface area contributed by atoms with E-state index in [-0.39, 0.29) is 11.9 Å². The van der Waals surface area contributed by atoms with Crippen molar-refractivity contribution in [3.63, 3.8) is 0 Å². The predicted molar refractivity (Wildman–Crippen MR) is 107 cm³/mol. The number of carbonyl (C=O) groups is 1. The molecule has 140 valence electrons. The quantitative estimate of drug-likeness (QED) is 0.835. The van der Waals surface area contributed by atoms with E-state index >= 15 is 0 Å². The Labute approximate surface area is 159 Å². The van der Waals surface area contributed by atoms with Crippen molar-refractivity contribution in [2.45, 2.75) is 26.1 Å². The highest BCUT2D eigenvalue weighted by Crippen LogP contribution is 2.36. The molecule has 0 N–H and O–H groups in total. The molecular weight excluding hydrogens is 340 g/mol. The normalized spacial score (nSPS) is 18.1. The van der Waals surface area contributed by atoms with Crippen molar-refractivity contribution in [2.24, 2.45) is 4.99 Å². The molecule has 2 aromatic rings. The number of methoxy groups -OCH3 is 1. The minimum Gasteiger partial charge on any atom is -0.497 e. The van der Waals surface area contributed by atoms with Crippen LogP contribution in [0.25, 0.3) is 0 Å². The Kier molecular flexibility index (Phi) is 4.26.